The van der Waals surface area contributed by atoms with Gasteiger partial charge in [-0.2, -0.15) is 5.10 Å². The third-order valence-corrected chi connectivity index (χ3v) is 1.37. The first-order valence-electron chi connectivity index (χ1n) is 3.12. The summed E-state index contributed by atoms with van der Waals surface area (Å²) in [6.45, 7) is -0.687. The molecule has 0 aromatic carbocycles. The second-order valence-corrected chi connectivity index (χ2v) is 2.43. The highest BCUT2D eigenvalue weighted by atomic mass is 35.5. The van der Waals surface area contributed by atoms with Crippen molar-refractivity contribution in [2.75, 3.05) is 6.61 Å². The van der Waals surface area contributed by atoms with Crippen LogP contribution in [0.3, 0.4) is 0 Å². The maximum absolute atomic E-state index is 11.7. The topological polar surface area (TPSA) is 27.1 Å². The van der Waals surface area contributed by atoms with Gasteiger partial charge in [0.2, 0.25) is 5.88 Å². The summed E-state index contributed by atoms with van der Waals surface area (Å²) < 4.78 is 29.3. The molecule has 1 radical (unpaired) electrons. The molecular weight excluding hydrogens is 190 g/mol. The number of hydrogen-bond acceptors (Lipinski definition) is 2. The number of aromatic nitrogens is 2. The summed E-state index contributed by atoms with van der Waals surface area (Å²) in [6.07, 6.45) is -0.148. The van der Waals surface area contributed by atoms with Crippen molar-refractivity contribution >= 4 is 11.6 Å². The van der Waals surface area contributed by atoms with E-state index < -0.39 is 13.0 Å². The highest BCUT2D eigenvalue weighted by Crippen LogP contribution is 2.21. The molecule has 12 heavy (non-hydrogen) atoms. The average molecular weight is 196 g/mol. The molecule has 0 bridgehead atoms. The standard InChI is InChI=1S/C6H6ClF2N2O/c1-11-6(4(7)2-10-11)12-3-5(8)9/h5H,3H2,1H3. The zero-order valence-electron chi connectivity index (χ0n) is 6.22. The van der Waals surface area contributed by atoms with Crippen molar-refractivity contribution in [3.05, 3.63) is 11.2 Å². The zero-order chi connectivity index (χ0) is 9.14. The Morgan fingerprint density at radius 1 is 1.75 bits per heavy atom. The average Bonchev–Trinajstić information content (AvgIpc) is 2.28. The summed E-state index contributed by atoms with van der Waals surface area (Å²) >= 11 is 5.52. The lowest BCUT2D eigenvalue weighted by Gasteiger charge is -2.04. The van der Waals surface area contributed by atoms with Crippen molar-refractivity contribution in [3.8, 4) is 5.88 Å². The van der Waals surface area contributed by atoms with Gasteiger partial charge in [-0.25, -0.2) is 13.5 Å². The van der Waals surface area contributed by atoms with Gasteiger partial charge in [0.25, 0.3) is 6.43 Å². The fourth-order valence-electron chi connectivity index (χ4n) is 0.653. The summed E-state index contributed by atoms with van der Waals surface area (Å²) in [7, 11) is 1.53. The molecule has 1 heterocycles. The third-order valence-electron chi connectivity index (χ3n) is 1.13. The van der Waals surface area contributed by atoms with Gasteiger partial charge in [0.15, 0.2) is 6.61 Å². The highest BCUT2D eigenvalue weighted by Gasteiger charge is 2.10. The molecule has 0 unspecified atom stereocenters. The fourth-order valence-corrected chi connectivity index (χ4v) is 0.868. The van der Waals surface area contributed by atoms with Crippen LogP contribution in [-0.2, 0) is 7.05 Å². The molecule has 0 saturated heterocycles. The zero-order valence-corrected chi connectivity index (χ0v) is 6.98. The fraction of sp³-hybridized carbons (Fsp3) is 0.500. The lowest BCUT2D eigenvalue weighted by atomic mass is 10.6. The molecule has 0 fully saturated rings. The van der Waals surface area contributed by atoms with E-state index in [4.69, 9.17) is 11.6 Å². The molecule has 0 aliphatic rings. The van der Waals surface area contributed by atoms with E-state index in [0.717, 1.165) is 0 Å². The van der Waals surface area contributed by atoms with Crippen LogP contribution >= 0.6 is 11.6 Å². The Balaban J connectivity index is 2.62. The minimum absolute atomic E-state index is 0.108. The van der Waals surface area contributed by atoms with Crippen molar-refractivity contribution < 1.29 is 13.5 Å². The molecule has 6 heteroatoms. The van der Waals surface area contributed by atoms with Crippen LogP contribution in [0.15, 0.2) is 0 Å². The Morgan fingerprint density at radius 2 is 2.42 bits per heavy atom. The number of halogens is 3. The lowest BCUT2D eigenvalue weighted by Crippen LogP contribution is -2.09. The third kappa shape index (κ3) is 2.07. The smallest absolute Gasteiger partial charge is 0.272 e. The number of ether oxygens (including phenoxy) is 1. The molecule has 1 aromatic rings. The van der Waals surface area contributed by atoms with Gasteiger partial charge in [-0.1, -0.05) is 11.6 Å². The Bertz CT molecular complexity index is 245. The molecule has 0 atom stereocenters. The maximum Gasteiger partial charge on any atom is 0.272 e. The van der Waals surface area contributed by atoms with Gasteiger partial charge in [0, 0.05) is 7.05 Å². The largest absolute Gasteiger partial charge is 0.471 e. The summed E-state index contributed by atoms with van der Waals surface area (Å²) in [4.78, 5) is 0. The van der Waals surface area contributed by atoms with E-state index in [1.807, 2.05) is 0 Å². The molecule has 0 amide bonds. The molecular formula is C6H6ClF2N2O. The second kappa shape index (κ2) is 3.71. The molecule has 0 aliphatic carbocycles. The van der Waals surface area contributed by atoms with Crippen molar-refractivity contribution in [1.82, 2.24) is 9.78 Å². The molecule has 67 valence electrons. The van der Waals surface area contributed by atoms with Gasteiger partial charge in [-0.15, -0.1) is 0 Å². The van der Waals surface area contributed by atoms with Gasteiger partial charge in [-0.05, 0) is 0 Å². The van der Waals surface area contributed by atoms with E-state index in [1.54, 1.807) is 0 Å². The molecule has 1 aromatic heterocycles. The van der Waals surface area contributed by atoms with E-state index in [0.29, 0.717) is 0 Å². The minimum Gasteiger partial charge on any atom is -0.471 e. The van der Waals surface area contributed by atoms with Crippen LogP contribution in [0, 0.1) is 6.20 Å². The van der Waals surface area contributed by atoms with Crippen LogP contribution < -0.4 is 4.74 Å². The van der Waals surface area contributed by atoms with E-state index in [2.05, 4.69) is 16.0 Å². The summed E-state index contributed by atoms with van der Waals surface area (Å²) in [5.41, 5.74) is 0. The van der Waals surface area contributed by atoms with Gasteiger partial charge in [-0.3, -0.25) is 0 Å². The Morgan fingerprint density at radius 3 is 2.83 bits per heavy atom. The van der Waals surface area contributed by atoms with Crippen molar-refractivity contribution in [1.29, 1.82) is 0 Å². The van der Waals surface area contributed by atoms with E-state index in [-0.39, 0.29) is 10.9 Å². The van der Waals surface area contributed by atoms with Crippen LogP contribution in [0.1, 0.15) is 0 Å². The number of nitrogens with zero attached hydrogens (tertiary/aromatic N) is 2. The SMILES string of the molecule is Cn1n[c]c(Cl)c1OCC(F)F. The Labute approximate surface area is 72.9 Å². The quantitative estimate of drug-likeness (QED) is 0.731. The molecule has 0 saturated carbocycles. The van der Waals surface area contributed by atoms with Gasteiger partial charge in [0.1, 0.15) is 11.2 Å². The van der Waals surface area contributed by atoms with E-state index in [9.17, 15) is 8.78 Å². The van der Waals surface area contributed by atoms with Crippen LogP contribution in [0.5, 0.6) is 5.88 Å². The van der Waals surface area contributed by atoms with Crippen LogP contribution in [-0.4, -0.2) is 22.8 Å². The molecule has 3 nitrogen and oxygen atoms in total. The van der Waals surface area contributed by atoms with Crippen molar-refractivity contribution in [2.45, 2.75) is 6.43 Å². The molecule has 0 N–H and O–H groups in total. The summed E-state index contributed by atoms with van der Waals surface area (Å²) in [5.74, 6) is 0.108. The van der Waals surface area contributed by atoms with Crippen molar-refractivity contribution in [3.63, 3.8) is 0 Å². The number of hydrogen-bond donors (Lipinski definition) is 0. The minimum atomic E-state index is -2.52. The Kier molecular flexibility index (Phi) is 2.86. The number of rotatable bonds is 3. The van der Waals surface area contributed by atoms with E-state index in [1.165, 1.54) is 11.7 Å². The highest BCUT2D eigenvalue weighted by molar-refractivity contribution is 6.31. The first-order chi connectivity index (χ1) is 5.61. The number of alkyl halides is 2. The van der Waals surface area contributed by atoms with E-state index >= 15 is 0 Å². The van der Waals surface area contributed by atoms with Crippen LogP contribution in [0.2, 0.25) is 5.02 Å². The predicted molar refractivity (Wildman–Crippen MR) is 38.6 cm³/mol. The first kappa shape index (κ1) is 9.25. The van der Waals surface area contributed by atoms with Crippen LogP contribution in [0.25, 0.3) is 0 Å². The summed E-state index contributed by atoms with van der Waals surface area (Å²) in [6, 6.07) is 0. The number of aryl methyl sites for hydroxylation is 1. The first-order valence-corrected chi connectivity index (χ1v) is 3.50. The molecule has 1 rings (SSSR count). The summed E-state index contributed by atoms with van der Waals surface area (Å²) in [5, 5.41) is 3.69. The van der Waals surface area contributed by atoms with Crippen molar-refractivity contribution in [2.24, 2.45) is 7.05 Å². The van der Waals surface area contributed by atoms with Gasteiger partial charge >= 0.3 is 0 Å². The van der Waals surface area contributed by atoms with Gasteiger partial charge in [0.05, 0.1) is 0 Å². The monoisotopic (exact) mass is 195 g/mol. The molecule has 0 aliphatic heterocycles. The van der Waals surface area contributed by atoms with Gasteiger partial charge < -0.3 is 4.74 Å². The second-order valence-electron chi connectivity index (χ2n) is 2.06. The molecule has 0 spiro atoms. The Hall–Kier alpha value is -0.840. The maximum atomic E-state index is 11.7. The normalized spacial score (nSPS) is 10.8. The lowest BCUT2D eigenvalue weighted by molar-refractivity contribution is 0.0775. The predicted octanol–water partition coefficient (Wildman–Crippen LogP) is 1.52. The van der Waals surface area contributed by atoms with Crippen LogP contribution in [0.4, 0.5) is 8.78 Å².